The smallest absolute Gasteiger partial charge is 0.658 e. The van der Waals surface area contributed by atoms with Crippen LogP contribution in [0.2, 0.25) is 0 Å². The molecule has 0 unspecified atom stereocenters. The van der Waals surface area contributed by atoms with E-state index in [1.165, 1.54) is 22.3 Å². The Morgan fingerprint density at radius 2 is 0.702 bits per heavy atom. The third kappa shape index (κ3) is 10.5. The summed E-state index contributed by atoms with van der Waals surface area (Å²) in [7, 11) is 0. The Labute approximate surface area is 300 Å². The van der Waals surface area contributed by atoms with E-state index in [4.69, 9.17) is 5.32 Å². The van der Waals surface area contributed by atoms with Crippen LogP contribution in [0.1, 0.15) is 105 Å². The molecule has 4 heteroatoms. The van der Waals surface area contributed by atoms with Crippen molar-refractivity contribution in [1.29, 1.82) is 0 Å². The predicted molar refractivity (Wildman–Crippen MR) is 197 cm³/mol. The molecule has 0 radical (unpaired) electrons. The Balaban J connectivity index is 0.000000282. The van der Waals surface area contributed by atoms with Gasteiger partial charge < -0.3 is 5.32 Å². The second kappa shape index (κ2) is 14.8. The Kier molecular flexibility index (Phi) is 11.9. The van der Waals surface area contributed by atoms with Crippen LogP contribution in [-0.4, -0.2) is 15.2 Å². The minimum Gasteiger partial charge on any atom is -0.658 e. The molecule has 0 saturated carbocycles. The van der Waals surface area contributed by atoms with Crippen LogP contribution in [0.15, 0.2) is 109 Å². The van der Waals surface area contributed by atoms with Gasteiger partial charge in [0.2, 0.25) is 11.4 Å². The fourth-order valence-electron chi connectivity index (χ4n) is 5.01. The van der Waals surface area contributed by atoms with Gasteiger partial charge in [-0.15, -0.1) is 11.4 Å². The van der Waals surface area contributed by atoms with E-state index in [9.17, 15) is 0 Å². The van der Waals surface area contributed by atoms with Crippen LogP contribution < -0.4 is 0 Å². The summed E-state index contributed by atoms with van der Waals surface area (Å²) < 4.78 is 3.96. The molecule has 1 aliphatic heterocycles. The van der Waals surface area contributed by atoms with Crippen LogP contribution in [0.3, 0.4) is 0 Å². The Morgan fingerprint density at radius 1 is 0.426 bits per heavy atom. The average molecular weight is 810 g/mol. The average Bonchev–Trinajstić information content (AvgIpc) is 3.47. The number of benzene rings is 4. The fraction of sp³-hybridized carbons (Fsp3) is 0.372. The van der Waals surface area contributed by atoms with Gasteiger partial charge in [-0.2, -0.15) is 0 Å². The zero-order valence-corrected chi connectivity index (χ0v) is 32.7. The number of hydrogen-bond acceptors (Lipinski definition) is 0. The number of para-hydroxylation sites is 2. The molecule has 250 valence electrons. The van der Waals surface area contributed by atoms with Crippen LogP contribution >= 0.6 is 0 Å². The SMILES string of the molecule is C1=[N+](c2ccccc2)C=C[N+]=1c1ccccc1.CC(C)(C)c1cc([N-]c2cc(C(C)(C)C)cc(C(C)(C)C)c2)cc(C(C)(C)C)c1.[Au+]. The van der Waals surface area contributed by atoms with Crippen molar-refractivity contribution < 1.29 is 31.5 Å². The van der Waals surface area contributed by atoms with Crippen LogP contribution in [0.5, 0.6) is 0 Å². The molecule has 47 heavy (non-hydrogen) atoms. The van der Waals surface area contributed by atoms with Crippen molar-refractivity contribution in [3.8, 4) is 0 Å². The van der Waals surface area contributed by atoms with Crippen molar-refractivity contribution in [2.75, 3.05) is 0 Å². The van der Waals surface area contributed by atoms with Gasteiger partial charge in [-0.1, -0.05) is 165 Å². The molecular weight excluding hydrogens is 755 g/mol. The van der Waals surface area contributed by atoms with Crippen LogP contribution in [-0.2, 0) is 44.0 Å². The molecule has 0 N–H and O–H groups in total. The maximum atomic E-state index is 5.14. The van der Waals surface area contributed by atoms with E-state index < -0.39 is 0 Å². The van der Waals surface area contributed by atoms with Crippen LogP contribution in [0, 0.1) is 0 Å². The van der Waals surface area contributed by atoms with Crippen molar-refractivity contribution in [2.45, 2.75) is 105 Å². The second-order valence-corrected chi connectivity index (χ2v) is 16.5. The molecular formula is C43H54AuN3+2. The van der Waals surface area contributed by atoms with Crippen molar-refractivity contribution in [2.24, 2.45) is 0 Å². The summed E-state index contributed by atoms with van der Waals surface area (Å²) in [6.45, 7) is 27.3. The maximum absolute atomic E-state index is 5.14. The van der Waals surface area contributed by atoms with Crippen molar-refractivity contribution in [3.05, 3.63) is 137 Å². The van der Waals surface area contributed by atoms with Gasteiger partial charge in [0.15, 0.2) is 0 Å². The standard InChI is InChI=1S/C28H42N.C15H12N2.Au/c1-25(2,3)19-13-20(26(4,5)6)16-23(15-19)29-24-17-21(27(7,8)9)14-22(18-24)28(10,11)12;1-3-7-14(8-4-1)16-11-12-17(13-16)15-9-5-2-6-10-15;/h13-18H,1-12H3;1-12H;/q-1;+2;+1. The third-order valence-corrected chi connectivity index (χ3v) is 8.21. The van der Waals surface area contributed by atoms with Gasteiger partial charge in [0.05, 0.1) is 0 Å². The van der Waals surface area contributed by atoms with E-state index in [0.29, 0.717) is 0 Å². The second-order valence-electron chi connectivity index (χ2n) is 16.5. The molecule has 0 atom stereocenters. The first kappa shape index (κ1) is 38.0. The van der Waals surface area contributed by atoms with E-state index in [1.54, 1.807) is 0 Å². The Morgan fingerprint density at radius 3 is 0.957 bits per heavy atom. The van der Waals surface area contributed by atoms with Gasteiger partial charge in [0, 0.05) is 24.3 Å². The fourth-order valence-corrected chi connectivity index (χ4v) is 5.01. The van der Waals surface area contributed by atoms with E-state index >= 15 is 0 Å². The number of hydrogen-bond donors (Lipinski definition) is 0. The summed E-state index contributed by atoms with van der Waals surface area (Å²) in [6, 6.07) is 37.4. The van der Waals surface area contributed by atoms with E-state index in [2.05, 4.69) is 150 Å². The first-order valence-corrected chi connectivity index (χ1v) is 16.5. The van der Waals surface area contributed by atoms with Crippen LogP contribution in [0.4, 0.5) is 22.7 Å². The van der Waals surface area contributed by atoms with E-state index in [-0.39, 0.29) is 44.0 Å². The normalized spacial score (nSPS) is 13.2. The minimum absolute atomic E-state index is 0. The van der Waals surface area contributed by atoms with Crippen molar-refractivity contribution >= 4 is 28.8 Å². The van der Waals surface area contributed by atoms with Gasteiger partial charge in [-0.05, 0) is 43.9 Å². The molecule has 0 bridgehead atoms. The van der Waals surface area contributed by atoms with E-state index in [0.717, 1.165) is 22.7 Å². The summed E-state index contributed by atoms with van der Waals surface area (Å²) in [5.41, 5.74) is 10.1. The minimum atomic E-state index is 0. The molecule has 0 aliphatic carbocycles. The summed E-state index contributed by atoms with van der Waals surface area (Å²) in [6.07, 6.45) is 4.00. The van der Waals surface area contributed by atoms with E-state index in [1.807, 2.05) is 57.9 Å². The molecule has 1 heterocycles. The molecule has 4 aromatic rings. The predicted octanol–water partition coefficient (Wildman–Crippen LogP) is 12.5. The van der Waals surface area contributed by atoms with Gasteiger partial charge in [-0.3, -0.25) is 0 Å². The molecule has 0 spiro atoms. The molecule has 0 saturated heterocycles. The van der Waals surface area contributed by atoms with Crippen molar-refractivity contribution in [1.82, 2.24) is 0 Å². The molecule has 0 aromatic heterocycles. The first-order valence-electron chi connectivity index (χ1n) is 16.5. The zero-order valence-electron chi connectivity index (χ0n) is 30.5. The third-order valence-electron chi connectivity index (χ3n) is 8.21. The van der Waals surface area contributed by atoms with Gasteiger partial charge >= 0.3 is 28.4 Å². The summed E-state index contributed by atoms with van der Waals surface area (Å²) >= 11 is 0. The largest absolute Gasteiger partial charge is 1.00 e. The monoisotopic (exact) mass is 809 g/mol. The quantitative estimate of drug-likeness (QED) is 0.145. The molecule has 1 aliphatic rings. The van der Waals surface area contributed by atoms with Crippen molar-refractivity contribution in [3.63, 3.8) is 0 Å². The molecule has 4 aromatic carbocycles. The van der Waals surface area contributed by atoms with Gasteiger partial charge in [0.1, 0.15) is 0 Å². The Hall–Kier alpha value is -3.46. The topological polar surface area (TPSA) is 20.1 Å². The van der Waals surface area contributed by atoms with Gasteiger partial charge in [-0.25, -0.2) is 0 Å². The first-order chi connectivity index (χ1) is 21.3. The molecule has 0 amide bonds. The summed E-state index contributed by atoms with van der Waals surface area (Å²) in [4.78, 5) is 0. The Bertz CT molecular complexity index is 1560. The molecule has 3 nitrogen and oxygen atoms in total. The van der Waals surface area contributed by atoms with Crippen LogP contribution in [0.25, 0.3) is 5.32 Å². The number of rotatable bonds is 4. The zero-order chi connectivity index (χ0) is 33.9. The molecule has 0 fully saturated rings. The maximum Gasteiger partial charge on any atom is 1.00 e. The summed E-state index contributed by atoms with van der Waals surface area (Å²) in [5, 5.41) is 5.14. The molecule has 5 rings (SSSR count). The van der Waals surface area contributed by atoms with Gasteiger partial charge in [0.25, 0.3) is 12.4 Å². The summed E-state index contributed by atoms with van der Waals surface area (Å²) in [5.74, 6) is 0. The number of nitrogens with zero attached hydrogens (tertiary/aromatic N) is 3.